The van der Waals surface area contributed by atoms with E-state index in [1.807, 2.05) is 0 Å². The SMILES string of the molecule is Cc1cc(F)ccc1C1CCCN1C(=O)NCc1cc(S(N)(=O)=O)ccc1F. The Labute approximate surface area is 162 Å². The van der Waals surface area contributed by atoms with Crippen LogP contribution in [0.1, 0.15) is 35.6 Å². The molecule has 1 fully saturated rings. The van der Waals surface area contributed by atoms with E-state index in [-0.39, 0.29) is 28.9 Å². The van der Waals surface area contributed by atoms with E-state index < -0.39 is 21.9 Å². The van der Waals surface area contributed by atoms with Gasteiger partial charge in [0.05, 0.1) is 10.9 Å². The number of carbonyl (C=O) groups is 1. The standard InChI is InChI=1S/C19H21F2N3O3S/c1-12-9-14(20)4-6-16(12)18-3-2-8-24(18)19(25)23-11-13-10-15(28(22,26)27)5-7-17(13)21/h4-7,9-10,18H,2-3,8,11H2,1H3,(H,23,25)(H2,22,26,27). The maximum absolute atomic E-state index is 14.0. The molecule has 6 nitrogen and oxygen atoms in total. The minimum absolute atomic E-state index is 0.0218. The highest BCUT2D eigenvalue weighted by Gasteiger charge is 2.31. The molecule has 1 aliphatic heterocycles. The molecule has 2 amide bonds. The van der Waals surface area contributed by atoms with E-state index in [1.54, 1.807) is 17.9 Å². The molecule has 0 spiro atoms. The Morgan fingerprint density at radius 1 is 1.25 bits per heavy atom. The molecule has 1 saturated heterocycles. The number of benzene rings is 2. The molecule has 1 unspecified atom stereocenters. The quantitative estimate of drug-likeness (QED) is 0.813. The van der Waals surface area contributed by atoms with Gasteiger partial charge in [0.25, 0.3) is 0 Å². The van der Waals surface area contributed by atoms with Gasteiger partial charge in [-0.2, -0.15) is 0 Å². The van der Waals surface area contributed by atoms with Gasteiger partial charge in [0, 0.05) is 18.7 Å². The summed E-state index contributed by atoms with van der Waals surface area (Å²) in [5.74, 6) is -0.972. The third kappa shape index (κ3) is 4.31. The highest BCUT2D eigenvalue weighted by atomic mass is 32.2. The van der Waals surface area contributed by atoms with Crippen molar-refractivity contribution in [2.24, 2.45) is 5.14 Å². The van der Waals surface area contributed by atoms with Crippen molar-refractivity contribution in [3.63, 3.8) is 0 Å². The summed E-state index contributed by atoms with van der Waals surface area (Å²) in [7, 11) is -3.97. The molecule has 1 heterocycles. The van der Waals surface area contributed by atoms with Crippen molar-refractivity contribution in [1.82, 2.24) is 10.2 Å². The van der Waals surface area contributed by atoms with Gasteiger partial charge in [-0.05, 0) is 61.2 Å². The monoisotopic (exact) mass is 409 g/mol. The molecule has 0 bridgehead atoms. The Bertz CT molecular complexity index is 1010. The number of hydrogen-bond acceptors (Lipinski definition) is 3. The first kappa shape index (κ1) is 20.2. The van der Waals surface area contributed by atoms with Crippen LogP contribution in [0.25, 0.3) is 0 Å². The predicted octanol–water partition coefficient (Wildman–Crippen LogP) is 2.97. The smallest absolute Gasteiger partial charge is 0.318 e. The Morgan fingerprint density at radius 2 is 2.00 bits per heavy atom. The molecular weight excluding hydrogens is 388 g/mol. The molecule has 1 atom stereocenters. The Hall–Kier alpha value is -2.52. The van der Waals surface area contributed by atoms with Crippen molar-refractivity contribution in [1.29, 1.82) is 0 Å². The highest BCUT2D eigenvalue weighted by molar-refractivity contribution is 7.89. The van der Waals surface area contributed by atoms with E-state index in [0.717, 1.165) is 42.2 Å². The Morgan fingerprint density at radius 3 is 2.68 bits per heavy atom. The number of hydrogen-bond donors (Lipinski definition) is 2. The number of nitrogens with one attached hydrogen (secondary N) is 1. The normalized spacial score (nSPS) is 17.0. The van der Waals surface area contributed by atoms with Gasteiger partial charge in [-0.15, -0.1) is 0 Å². The van der Waals surface area contributed by atoms with E-state index in [1.165, 1.54) is 12.1 Å². The summed E-state index contributed by atoms with van der Waals surface area (Å²) in [6.45, 7) is 2.13. The molecule has 0 aromatic heterocycles. The van der Waals surface area contributed by atoms with Crippen LogP contribution >= 0.6 is 0 Å². The first-order valence-corrected chi connectivity index (χ1v) is 10.3. The molecule has 150 valence electrons. The summed E-state index contributed by atoms with van der Waals surface area (Å²) in [5, 5.41) is 7.69. The third-order valence-corrected chi connectivity index (χ3v) is 5.79. The molecule has 3 N–H and O–H groups in total. The average molecular weight is 409 g/mol. The zero-order valence-electron chi connectivity index (χ0n) is 15.3. The minimum Gasteiger partial charge on any atom is -0.334 e. The zero-order chi connectivity index (χ0) is 20.5. The van der Waals surface area contributed by atoms with Crippen LogP contribution in [-0.2, 0) is 16.6 Å². The molecular formula is C19H21F2N3O3S. The molecule has 0 aliphatic carbocycles. The zero-order valence-corrected chi connectivity index (χ0v) is 16.1. The second kappa shape index (κ2) is 7.84. The minimum atomic E-state index is -3.97. The fourth-order valence-corrected chi connectivity index (χ4v) is 4.05. The lowest BCUT2D eigenvalue weighted by Crippen LogP contribution is -2.39. The van der Waals surface area contributed by atoms with Crippen molar-refractivity contribution < 1.29 is 22.0 Å². The topological polar surface area (TPSA) is 92.5 Å². The fraction of sp³-hybridized carbons (Fsp3) is 0.316. The summed E-state index contributed by atoms with van der Waals surface area (Å²) in [6, 6.07) is 7.06. The van der Waals surface area contributed by atoms with Crippen LogP contribution in [0, 0.1) is 18.6 Å². The molecule has 0 saturated carbocycles. The third-order valence-electron chi connectivity index (χ3n) is 4.88. The second-order valence-electron chi connectivity index (χ2n) is 6.81. The number of nitrogens with two attached hydrogens (primary N) is 1. The van der Waals surface area contributed by atoms with Gasteiger partial charge in [-0.3, -0.25) is 0 Å². The molecule has 3 rings (SSSR count). The number of likely N-dealkylation sites (tertiary alicyclic amines) is 1. The van der Waals surface area contributed by atoms with Crippen molar-refractivity contribution in [3.05, 3.63) is 64.7 Å². The van der Waals surface area contributed by atoms with Gasteiger partial charge in [-0.1, -0.05) is 6.07 Å². The highest BCUT2D eigenvalue weighted by Crippen LogP contribution is 2.34. The number of primary sulfonamides is 1. The molecule has 9 heteroatoms. The van der Waals surface area contributed by atoms with Crippen LogP contribution in [0.15, 0.2) is 41.3 Å². The lowest BCUT2D eigenvalue weighted by atomic mass is 9.99. The van der Waals surface area contributed by atoms with Gasteiger partial charge < -0.3 is 10.2 Å². The van der Waals surface area contributed by atoms with Crippen LogP contribution in [0.4, 0.5) is 13.6 Å². The first-order valence-electron chi connectivity index (χ1n) is 8.78. The van der Waals surface area contributed by atoms with Crippen molar-refractivity contribution >= 4 is 16.1 Å². The van der Waals surface area contributed by atoms with Crippen LogP contribution in [0.5, 0.6) is 0 Å². The lowest BCUT2D eigenvalue weighted by Gasteiger charge is -2.26. The van der Waals surface area contributed by atoms with Gasteiger partial charge in [0.2, 0.25) is 10.0 Å². The number of carbonyl (C=O) groups excluding carboxylic acids is 1. The first-order chi connectivity index (χ1) is 13.2. The molecule has 0 radical (unpaired) electrons. The summed E-state index contributed by atoms with van der Waals surface area (Å²) in [6.07, 6.45) is 1.54. The Balaban J connectivity index is 1.74. The molecule has 2 aromatic carbocycles. The number of urea groups is 1. The predicted molar refractivity (Wildman–Crippen MR) is 99.8 cm³/mol. The van der Waals surface area contributed by atoms with E-state index in [4.69, 9.17) is 5.14 Å². The summed E-state index contributed by atoms with van der Waals surface area (Å²) in [5.41, 5.74) is 1.65. The van der Waals surface area contributed by atoms with Gasteiger partial charge >= 0.3 is 6.03 Å². The molecule has 28 heavy (non-hydrogen) atoms. The fourth-order valence-electron chi connectivity index (χ4n) is 3.48. The van der Waals surface area contributed by atoms with Gasteiger partial charge in [-0.25, -0.2) is 27.1 Å². The maximum atomic E-state index is 14.0. The number of halogens is 2. The summed E-state index contributed by atoms with van der Waals surface area (Å²) >= 11 is 0. The Kier molecular flexibility index (Phi) is 5.66. The number of amides is 2. The van der Waals surface area contributed by atoms with Crippen molar-refractivity contribution in [2.75, 3.05) is 6.54 Å². The van der Waals surface area contributed by atoms with Gasteiger partial charge in [0.1, 0.15) is 11.6 Å². The maximum Gasteiger partial charge on any atom is 0.318 e. The van der Waals surface area contributed by atoms with Crippen LogP contribution in [0.2, 0.25) is 0 Å². The number of aryl methyl sites for hydroxylation is 1. The van der Waals surface area contributed by atoms with Crippen LogP contribution in [-0.4, -0.2) is 25.9 Å². The van der Waals surface area contributed by atoms with Crippen molar-refractivity contribution in [2.45, 2.75) is 37.2 Å². The van der Waals surface area contributed by atoms with E-state index in [9.17, 15) is 22.0 Å². The van der Waals surface area contributed by atoms with Crippen molar-refractivity contribution in [3.8, 4) is 0 Å². The molecule has 2 aromatic rings. The van der Waals surface area contributed by atoms with E-state index in [2.05, 4.69) is 5.32 Å². The number of sulfonamides is 1. The number of nitrogens with zero attached hydrogens (tertiary/aromatic N) is 1. The second-order valence-corrected chi connectivity index (χ2v) is 8.37. The largest absolute Gasteiger partial charge is 0.334 e. The van der Waals surface area contributed by atoms with Crippen LogP contribution in [0.3, 0.4) is 0 Å². The summed E-state index contributed by atoms with van der Waals surface area (Å²) in [4.78, 5) is 14.1. The average Bonchev–Trinajstić information content (AvgIpc) is 3.09. The van der Waals surface area contributed by atoms with E-state index in [0.29, 0.717) is 6.54 Å². The molecule has 1 aliphatic rings. The van der Waals surface area contributed by atoms with Crippen LogP contribution < -0.4 is 10.5 Å². The lowest BCUT2D eigenvalue weighted by molar-refractivity contribution is 0.192. The number of rotatable bonds is 4. The van der Waals surface area contributed by atoms with Gasteiger partial charge in [0.15, 0.2) is 0 Å². The summed E-state index contributed by atoms with van der Waals surface area (Å²) < 4.78 is 50.2. The van der Waals surface area contributed by atoms with E-state index >= 15 is 0 Å².